The molecule has 2 aromatic heterocycles. The number of hydrogen-bond donors (Lipinski definition) is 0. The molecule has 0 atom stereocenters. The fourth-order valence-electron chi connectivity index (χ4n) is 2.58. The van der Waals surface area contributed by atoms with Gasteiger partial charge in [-0.05, 0) is 19.1 Å². The van der Waals surface area contributed by atoms with E-state index in [1.165, 1.54) is 0 Å². The van der Waals surface area contributed by atoms with Gasteiger partial charge in [0.05, 0.1) is 5.69 Å². The predicted octanol–water partition coefficient (Wildman–Crippen LogP) is 4.59. The van der Waals surface area contributed by atoms with Crippen LogP contribution in [0.2, 0.25) is 0 Å². The van der Waals surface area contributed by atoms with Crippen LogP contribution >= 0.6 is 0 Å². The Morgan fingerprint density at radius 2 is 1.57 bits per heavy atom. The second kappa shape index (κ2) is 4.63. The van der Waals surface area contributed by atoms with Crippen molar-refractivity contribution in [2.24, 2.45) is 0 Å². The van der Waals surface area contributed by atoms with Gasteiger partial charge in [0.2, 0.25) is 0 Å². The first-order valence-electron chi connectivity index (χ1n) is 6.93. The molecular formula is C18H14N2O. The second-order valence-electron chi connectivity index (χ2n) is 5.03. The molecule has 21 heavy (non-hydrogen) atoms. The van der Waals surface area contributed by atoms with E-state index in [-0.39, 0.29) is 0 Å². The smallest absolute Gasteiger partial charge is 0.180 e. The molecule has 4 rings (SSSR count). The minimum Gasteiger partial charge on any atom is -0.457 e. The number of rotatable bonds is 2. The van der Waals surface area contributed by atoms with Gasteiger partial charge < -0.3 is 4.42 Å². The van der Waals surface area contributed by atoms with Crippen LogP contribution in [0.15, 0.2) is 71.1 Å². The molecule has 0 aliphatic carbocycles. The molecule has 2 aromatic carbocycles. The van der Waals surface area contributed by atoms with Crippen LogP contribution in [0.3, 0.4) is 0 Å². The van der Waals surface area contributed by atoms with E-state index in [0.29, 0.717) is 0 Å². The van der Waals surface area contributed by atoms with Crippen LogP contribution < -0.4 is 0 Å². The first-order valence-corrected chi connectivity index (χ1v) is 6.93. The molecule has 0 N–H and O–H groups in total. The monoisotopic (exact) mass is 274 g/mol. The summed E-state index contributed by atoms with van der Waals surface area (Å²) in [5.41, 5.74) is 4.81. The Kier molecular flexibility index (Phi) is 2.64. The number of hydrogen-bond acceptors (Lipinski definition) is 2. The second-order valence-corrected chi connectivity index (χ2v) is 5.03. The molecule has 0 saturated heterocycles. The van der Waals surface area contributed by atoms with Crippen molar-refractivity contribution in [3.8, 4) is 16.9 Å². The van der Waals surface area contributed by atoms with E-state index in [2.05, 4.69) is 12.1 Å². The summed E-state index contributed by atoms with van der Waals surface area (Å²) in [5.74, 6) is 0.893. The number of furan rings is 1. The molecule has 3 nitrogen and oxygen atoms in total. The fourth-order valence-corrected chi connectivity index (χ4v) is 2.58. The van der Waals surface area contributed by atoms with E-state index >= 15 is 0 Å². The normalized spacial score (nSPS) is 11.1. The minimum absolute atomic E-state index is 0.836. The zero-order valence-corrected chi connectivity index (χ0v) is 11.7. The Bertz CT molecular complexity index is 817. The number of aromatic nitrogens is 2. The standard InChI is InChI=1S/C18H14N2O/c1-13-12-16-18(21-13)17(14-8-4-2-5-9-14)19-20(16)15-10-6-3-7-11-15/h2-12H,1H3. The molecule has 0 saturated carbocycles. The van der Waals surface area contributed by atoms with E-state index in [0.717, 1.165) is 33.8 Å². The minimum atomic E-state index is 0.836. The molecule has 0 aliphatic heterocycles. The number of aryl methyl sites for hydroxylation is 1. The fraction of sp³-hybridized carbons (Fsp3) is 0.0556. The number of fused-ring (bicyclic) bond motifs is 1. The lowest BCUT2D eigenvalue weighted by Crippen LogP contribution is -1.95. The maximum Gasteiger partial charge on any atom is 0.180 e. The van der Waals surface area contributed by atoms with Crippen LogP contribution in [0.4, 0.5) is 0 Å². The number of benzene rings is 2. The Balaban J connectivity index is 2.01. The summed E-state index contributed by atoms with van der Waals surface area (Å²) in [6.07, 6.45) is 0. The molecule has 3 heteroatoms. The van der Waals surface area contributed by atoms with E-state index in [1.807, 2.05) is 66.2 Å². The Morgan fingerprint density at radius 3 is 2.29 bits per heavy atom. The number of para-hydroxylation sites is 1. The van der Waals surface area contributed by atoms with Crippen molar-refractivity contribution in [1.82, 2.24) is 9.78 Å². The van der Waals surface area contributed by atoms with Gasteiger partial charge >= 0.3 is 0 Å². The topological polar surface area (TPSA) is 31.0 Å². The van der Waals surface area contributed by atoms with E-state index < -0.39 is 0 Å². The molecule has 0 spiro atoms. The van der Waals surface area contributed by atoms with Crippen LogP contribution in [-0.2, 0) is 0 Å². The third-order valence-electron chi connectivity index (χ3n) is 3.53. The lowest BCUT2D eigenvalue weighted by Gasteiger charge is -2.01. The van der Waals surface area contributed by atoms with Crippen LogP contribution in [-0.4, -0.2) is 9.78 Å². The van der Waals surface area contributed by atoms with Gasteiger partial charge in [0.1, 0.15) is 17.0 Å². The quantitative estimate of drug-likeness (QED) is 0.535. The molecule has 0 amide bonds. The molecule has 2 heterocycles. The van der Waals surface area contributed by atoms with E-state index in [9.17, 15) is 0 Å². The first-order chi connectivity index (χ1) is 10.3. The summed E-state index contributed by atoms with van der Waals surface area (Å²) in [5, 5.41) is 4.75. The Hall–Kier alpha value is -2.81. The molecule has 0 bridgehead atoms. The maximum atomic E-state index is 5.87. The molecule has 4 aromatic rings. The van der Waals surface area contributed by atoms with Gasteiger partial charge in [0.25, 0.3) is 0 Å². The lowest BCUT2D eigenvalue weighted by molar-refractivity contribution is 0.579. The predicted molar refractivity (Wildman–Crippen MR) is 83.5 cm³/mol. The molecular weight excluding hydrogens is 260 g/mol. The zero-order chi connectivity index (χ0) is 14.2. The molecule has 0 fully saturated rings. The third-order valence-corrected chi connectivity index (χ3v) is 3.53. The van der Waals surface area contributed by atoms with Crippen molar-refractivity contribution >= 4 is 11.1 Å². The Labute approximate surface area is 122 Å². The van der Waals surface area contributed by atoms with Crippen molar-refractivity contribution in [1.29, 1.82) is 0 Å². The van der Waals surface area contributed by atoms with Gasteiger partial charge in [-0.3, -0.25) is 0 Å². The van der Waals surface area contributed by atoms with Crippen LogP contribution in [0.25, 0.3) is 28.0 Å². The van der Waals surface area contributed by atoms with Gasteiger partial charge in [0, 0.05) is 11.6 Å². The average Bonchev–Trinajstić information content (AvgIpc) is 3.06. The molecule has 0 radical (unpaired) electrons. The zero-order valence-electron chi connectivity index (χ0n) is 11.7. The molecule has 0 unspecified atom stereocenters. The summed E-state index contributed by atoms with van der Waals surface area (Å²) in [6.45, 7) is 1.96. The first kappa shape index (κ1) is 12.0. The highest BCUT2D eigenvalue weighted by Crippen LogP contribution is 2.31. The van der Waals surface area contributed by atoms with Gasteiger partial charge in [-0.2, -0.15) is 5.10 Å². The maximum absolute atomic E-state index is 5.87. The highest BCUT2D eigenvalue weighted by Gasteiger charge is 2.17. The van der Waals surface area contributed by atoms with E-state index in [1.54, 1.807) is 0 Å². The van der Waals surface area contributed by atoms with Crippen LogP contribution in [0.1, 0.15) is 5.76 Å². The summed E-state index contributed by atoms with van der Waals surface area (Å²) in [7, 11) is 0. The van der Waals surface area contributed by atoms with Crippen molar-refractivity contribution in [2.75, 3.05) is 0 Å². The van der Waals surface area contributed by atoms with Gasteiger partial charge in [-0.25, -0.2) is 4.68 Å². The number of nitrogens with zero attached hydrogens (tertiary/aromatic N) is 2. The van der Waals surface area contributed by atoms with Gasteiger partial charge in [-0.1, -0.05) is 48.5 Å². The summed E-state index contributed by atoms with van der Waals surface area (Å²) in [6, 6.07) is 22.3. The van der Waals surface area contributed by atoms with Crippen molar-refractivity contribution in [2.45, 2.75) is 6.92 Å². The average molecular weight is 274 g/mol. The SMILES string of the molecule is Cc1cc2c(o1)c(-c1ccccc1)nn2-c1ccccc1. The Morgan fingerprint density at radius 1 is 0.905 bits per heavy atom. The molecule has 0 aliphatic rings. The van der Waals surface area contributed by atoms with Crippen LogP contribution in [0.5, 0.6) is 0 Å². The van der Waals surface area contributed by atoms with Crippen molar-refractivity contribution in [3.05, 3.63) is 72.5 Å². The largest absolute Gasteiger partial charge is 0.457 e. The highest BCUT2D eigenvalue weighted by atomic mass is 16.3. The molecule has 102 valence electrons. The summed E-state index contributed by atoms with van der Waals surface area (Å²) >= 11 is 0. The third kappa shape index (κ3) is 1.94. The lowest BCUT2D eigenvalue weighted by atomic mass is 10.1. The van der Waals surface area contributed by atoms with Crippen molar-refractivity contribution < 1.29 is 4.42 Å². The van der Waals surface area contributed by atoms with Gasteiger partial charge in [-0.15, -0.1) is 0 Å². The highest BCUT2D eigenvalue weighted by molar-refractivity contribution is 5.90. The van der Waals surface area contributed by atoms with Crippen molar-refractivity contribution in [3.63, 3.8) is 0 Å². The summed E-state index contributed by atoms with van der Waals surface area (Å²) < 4.78 is 7.81. The summed E-state index contributed by atoms with van der Waals surface area (Å²) in [4.78, 5) is 0. The van der Waals surface area contributed by atoms with E-state index in [4.69, 9.17) is 9.52 Å². The van der Waals surface area contributed by atoms with Crippen LogP contribution in [0, 0.1) is 6.92 Å². The van der Waals surface area contributed by atoms with Gasteiger partial charge in [0.15, 0.2) is 5.58 Å².